The average molecular weight is 503 g/mol. The van der Waals surface area contributed by atoms with E-state index in [-0.39, 0.29) is 5.56 Å². The van der Waals surface area contributed by atoms with Crippen LogP contribution in [0.25, 0.3) is 22.4 Å². The van der Waals surface area contributed by atoms with E-state index in [1.807, 2.05) is 54.6 Å². The average Bonchev–Trinajstić information content (AvgIpc) is 3.24. The van der Waals surface area contributed by atoms with Gasteiger partial charge >= 0.3 is 0 Å². The van der Waals surface area contributed by atoms with Crippen molar-refractivity contribution in [2.45, 2.75) is 19.8 Å². The van der Waals surface area contributed by atoms with E-state index in [2.05, 4.69) is 39.6 Å². The zero-order valence-corrected chi connectivity index (χ0v) is 18.2. The maximum Gasteiger partial charge on any atom is 0.291 e. The zero-order chi connectivity index (χ0) is 19.5. The van der Waals surface area contributed by atoms with Crippen LogP contribution in [-0.4, -0.2) is 21.2 Å². The molecule has 142 valence electrons. The lowest BCUT2D eigenvalue weighted by molar-refractivity contribution is 0.309. The highest BCUT2D eigenvalue weighted by molar-refractivity contribution is 14.1. The van der Waals surface area contributed by atoms with E-state index >= 15 is 0 Å². The van der Waals surface area contributed by atoms with Crippen LogP contribution in [0.3, 0.4) is 0 Å². The van der Waals surface area contributed by atoms with Crippen LogP contribution in [0, 0.1) is 3.57 Å². The number of aromatic nitrogens is 3. The van der Waals surface area contributed by atoms with Crippen LogP contribution in [0.4, 0.5) is 0 Å². The summed E-state index contributed by atoms with van der Waals surface area (Å²) in [5, 5.41) is 4.41. The summed E-state index contributed by atoms with van der Waals surface area (Å²) >= 11 is 3.61. The molecule has 4 aromatic rings. The third-order valence-corrected chi connectivity index (χ3v) is 5.91. The molecular formula is C21H18IN3O2S. The fourth-order valence-corrected chi connectivity index (χ4v) is 3.97. The van der Waals surface area contributed by atoms with Gasteiger partial charge in [-0.2, -0.15) is 9.50 Å². The number of benzene rings is 2. The van der Waals surface area contributed by atoms with Crippen molar-refractivity contribution in [1.82, 2.24) is 14.6 Å². The second-order valence-electron chi connectivity index (χ2n) is 6.32. The minimum Gasteiger partial charge on any atom is -0.494 e. The number of thiazole rings is 1. The van der Waals surface area contributed by atoms with Gasteiger partial charge in [0.1, 0.15) is 5.75 Å². The van der Waals surface area contributed by atoms with Crippen molar-refractivity contribution in [3.8, 4) is 17.1 Å². The molecule has 0 amide bonds. The number of unbranched alkanes of at least 4 members (excludes halogenated alkanes) is 1. The van der Waals surface area contributed by atoms with E-state index < -0.39 is 0 Å². The summed E-state index contributed by atoms with van der Waals surface area (Å²) in [6, 6.07) is 15.7. The molecule has 0 saturated carbocycles. The van der Waals surface area contributed by atoms with Gasteiger partial charge in [-0.3, -0.25) is 4.79 Å². The summed E-state index contributed by atoms with van der Waals surface area (Å²) in [7, 11) is 0. The Balaban J connectivity index is 1.61. The molecule has 4 rings (SSSR count). The largest absolute Gasteiger partial charge is 0.494 e. The normalized spacial score (nSPS) is 12.0. The molecule has 0 aliphatic rings. The highest BCUT2D eigenvalue weighted by Gasteiger charge is 2.12. The molecule has 0 unspecified atom stereocenters. The molecule has 0 bridgehead atoms. The van der Waals surface area contributed by atoms with Crippen LogP contribution in [0.1, 0.15) is 25.3 Å². The van der Waals surface area contributed by atoms with Crippen LogP contribution in [-0.2, 0) is 0 Å². The number of nitrogens with zero attached hydrogens (tertiary/aromatic N) is 3. The van der Waals surface area contributed by atoms with Crippen LogP contribution in [0.5, 0.6) is 5.75 Å². The number of hydrogen-bond donors (Lipinski definition) is 0. The van der Waals surface area contributed by atoms with Gasteiger partial charge in [0.05, 0.1) is 11.1 Å². The fourth-order valence-electron chi connectivity index (χ4n) is 2.70. The van der Waals surface area contributed by atoms with E-state index in [4.69, 9.17) is 4.74 Å². The van der Waals surface area contributed by atoms with Gasteiger partial charge < -0.3 is 4.74 Å². The van der Waals surface area contributed by atoms with Gasteiger partial charge in [-0.1, -0.05) is 36.8 Å². The summed E-state index contributed by atoms with van der Waals surface area (Å²) in [6.45, 7) is 2.85. The minimum absolute atomic E-state index is 0.142. The Labute approximate surface area is 179 Å². The van der Waals surface area contributed by atoms with E-state index in [9.17, 15) is 4.79 Å². The topological polar surface area (TPSA) is 56.5 Å². The summed E-state index contributed by atoms with van der Waals surface area (Å²) in [4.78, 5) is 17.8. The Morgan fingerprint density at radius 2 is 1.89 bits per heavy atom. The van der Waals surface area contributed by atoms with E-state index in [0.717, 1.165) is 33.3 Å². The quantitative estimate of drug-likeness (QED) is 0.293. The Morgan fingerprint density at radius 1 is 1.14 bits per heavy atom. The van der Waals surface area contributed by atoms with Gasteiger partial charge in [0.15, 0.2) is 5.82 Å². The number of fused-ring (bicyclic) bond motifs is 1. The van der Waals surface area contributed by atoms with Crippen LogP contribution < -0.4 is 14.8 Å². The monoisotopic (exact) mass is 503 g/mol. The maximum absolute atomic E-state index is 12.7. The highest BCUT2D eigenvalue weighted by atomic mass is 127. The van der Waals surface area contributed by atoms with Crippen LogP contribution >= 0.6 is 33.9 Å². The van der Waals surface area contributed by atoms with E-state index in [1.165, 1.54) is 15.9 Å². The van der Waals surface area contributed by atoms with Crippen molar-refractivity contribution in [2.24, 2.45) is 0 Å². The predicted octanol–water partition coefficient (Wildman–Crippen LogP) is 4.15. The molecule has 0 saturated heterocycles. The molecular weight excluding hydrogens is 485 g/mol. The summed E-state index contributed by atoms with van der Waals surface area (Å²) in [5.74, 6) is 1.38. The van der Waals surface area contributed by atoms with Crippen molar-refractivity contribution < 1.29 is 4.74 Å². The Hall–Kier alpha value is -2.26. The van der Waals surface area contributed by atoms with Crippen molar-refractivity contribution in [2.75, 3.05) is 6.61 Å². The van der Waals surface area contributed by atoms with Gasteiger partial charge in [0.25, 0.3) is 5.56 Å². The third kappa shape index (κ3) is 4.10. The first-order chi connectivity index (χ1) is 13.6. The zero-order valence-electron chi connectivity index (χ0n) is 15.3. The molecule has 0 fully saturated rings. The second-order valence-corrected chi connectivity index (χ2v) is 8.58. The lowest BCUT2D eigenvalue weighted by Gasteiger charge is -2.05. The molecule has 2 heterocycles. The van der Waals surface area contributed by atoms with E-state index in [0.29, 0.717) is 21.9 Å². The summed E-state index contributed by atoms with van der Waals surface area (Å²) < 4.78 is 8.85. The first kappa shape index (κ1) is 19.1. The van der Waals surface area contributed by atoms with Gasteiger partial charge in [0, 0.05) is 9.13 Å². The van der Waals surface area contributed by atoms with Crippen LogP contribution in [0.15, 0.2) is 53.3 Å². The van der Waals surface area contributed by atoms with Gasteiger partial charge in [-0.15, -0.1) is 5.10 Å². The first-order valence-corrected chi connectivity index (χ1v) is 10.9. The number of rotatable bonds is 6. The minimum atomic E-state index is -0.142. The highest BCUT2D eigenvalue weighted by Crippen LogP contribution is 2.20. The van der Waals surface area contributed by atoms with Gasteiger partial charge in [-0.05, 0) is 77.0 Å². The molecule has 0 aliphatic carbocycles. The molecule has 2 aromatic heterocycles. The molecule has 0 atom stereocenters. The smallest absolute Gasteiger partial charge is 0.291 e. The lowest BCUT2D eigenvalue weighted by atomic mass is 10.2. The molecule has 0 spiro atoms. The predicted molar refractivity (Wildman–Crippen MR) is 121 cm³/mol. The number of hydrogen-bond acceptors (Lipinski definition) is 5. The molecule has 0 radical (unpaired) electrons. The standard InChI is InChI=1S/C21H18IN3O2S/c1-2-3-12-27-17-10-6-15(7-11-17)19-23-21-25(24-19)20(26)18(28-21)13-14-4-8-16(22)9-5-14/h4-11,13H,2-3,12H2,1H3/b18-13-. The molecule has 28 heavy (non-hydrogen) atoms. The molecule has 0 N–H and O–H groups in total. The van der Waals surface area contributed by atoms with Crippen molar-refractivity contribution in [3.63, 3.8) is 0 Å². The Kier molecular flexibility index (Phi) is 5.72. The molecule has 5 nitrogen and oxygen atoms in total. The van der Waals surface area contributed by atoms with Gasteiger partial charge in [-0.25, -0.2) is 0 Å². The third-order valence-electron chi connectivity index (χ3n) is 4.23. The first-order valence-electron chi connectivity index (χ1n) is 9.04. The Morgan fingerprint density at radius 3 is 2.57 bits per heavy atom. The second kappa shape index (κ2) is 8.40. The lowest BCUT2D eigenvalue weighted by Crippen LogP contribution is -2.23. The fraction of sp³-hybridized carbons (Fsp3) is 0.190. The summed E-state index contributed by atoms with van der Waals surface area (Å²) in [6.07, 6.45) is 4.02. The molecule has 2 aromatic carbocycles. The maximum atomic E-state index is 12.7. The van der Waals surface area contributed by atoms with Crippen molar-refractivity contribution in [1.29, 1.82) is 0 Å². The van der Waals surface area contributed by atoms with Gasteiger partial charge in [0.2, 0.25) is 4.96 Å². The summed E-state index contributed by atoms with van der Waals surface area (Å²) in [5.41, 5.74) is 1.71. The Bertz CT molecular complexity index is 1200. The van der Waals surface area contributed by atoms with Crippen LogP contribution in [0.2, 0.25) is 0 Å². The molecule has 7 heteroatoms. The van der Waals surface area contributed by atoms with E-state index in [1.54, 1.807) is 0 Å². The SMILES string of the molecule is CCCCOc1ccc(-c2nc3s/c(=C\c4ccc(I)cc4)c(=O)n3n2)cc1. The number of halogens is 1. The molecule has 0 aliphatic heterocycles. The van der Waals surface area contributed by atoms with Crippen molar-refractivity contribution >= 4 is 45.0 Å². The van der Waals surface area contributed by atoms with Crippen molar-refractivity contribution in [3.05, 3.63) is 72.6 Å². The number of ether oxygens (including phenoxy) is 1.